The molecule has 0 aliphatic heterocycles. The first-order valence-corrected chi connectivity index (χ1v) is 11.0. The summed E-state index contributed by atoms with van der Waals surface area (Å²) in [5.74, 6) is 0. The second-order valence-corrected chi connectivity index (χ2v) is 9.85. The van der Waals surface area contributed by atoms with Gasteiger partial charge in [-0.25, -0.2) is 8.42 Å². The van der Waals surface area contributed by atoms with E-state index in [1.807, 2.05) is 54.6 Å². The molecule has 1 aliphatic carbocycles. The number of nitrogens with zero attached hydrogens (tertiary/aromatic N) is 3. The molecule has 7 heteroatoms. The van der Waals surface area contributed by atoms with E-state index < -0.39 is 14.8 Å². The van der Waals surface area contributed by atoms with E-state index in [-0.39, 0.29) is 0 Å². The molecular weight excluding hydrogens is 438 g/mol. The lowest BCUT2D eigenvalue weighted by molar-refractivity contribution is 0.544. The minimum absolute atomic E-state index is 0.323. The number of hydrogen-bond acceptors (Lipinski definition) is 4. The smallest absolute Gasteiger partial charge is 0.257 e. The second-order valence-electron chi connectivity index (χ2n) is 6.80. The van der Waals surface area contributed by atoms with Crippen LogP contribution in [0.25, 0.3) is 17.0 Å². The summed E-state index contributed by atoms with van der Waals surface area (Å²) in [6.07, 6.45) is 11.1. The van der Waals surface area contributed by atoms with E-state index in [9.17, 15) is 8.42 Å². The first kappa shape index (κ1) is 18.8. The molecule has 28 heavy (non-hydrogen) atoms. The summed E-state index contributed by atoms with van der Waals surface area (Å²) in [6.45, 7) is 1.72. The molecule has 0 saturated carbocycles. The van der Waals surface area contributed by atoms with E-state index in [0.717, 1.165) is 20.7 Å². The van der Waals surface area contributed by atoms with Crippen LogP contribution < -0.4 is 0 Å². The summed E-state index contributed by atoms with van der Waals surface area (Å²) in [5, 5.41) is 4.96. The maximum Gasteiger partial charge on any atom is 0.264 e. The lowest BCUT2D eigenvalue weighted by Crippen LogP contribution is -2.41. The van der Waals surface area contributed by atoms with Gasteiger partial charge >= 0.3 is 0 Å². The molecule has 2 aromatic heterocycles. The Morgan fingerprint density at radius 1 is 1.11 bits per heavy atom. The molecule has 0 fully saturated rings. The largest absolute Gasteiger partial charge is 0.264 e. The summed E-state index contributed by atoms with van der Waals surface area (Å²) in [5.41, 5.74) is 2.29. The SMILES string of the molecule is CC1(S(=O)(=O)n2ncc3ccccc32)CC(/C=C/c2ccccn2)=CC=C1Br. The molecule has 0 spiro atoms. The number of pyridine rings is 1. The highest BCUT2D eigenvalue weighted by molar-refractivity contribution is 9.12. The highest BCUT2D eigenvalue weighted by Crippen LogP contribution is 2.41. The van der Waals surface area contributed by atoms with Crippen molar-refractivity contribution >= 4 is 42.9 Å². The second kappa shape index (κ2) is 7.14. The van der Waals surface area contributed by atoms with Crippen molar-refractivity contribution in [1.29, 1.82) is 0 Å². The monoisotopic (exact) mass is 455 g/mol. The molecule has 0 amide bonds. The first-order valence-electron chi connectivity index (χ1n) is 8.76. The molecule has 1 atom stereocenters. The normalized spacial score (nSPS) is 20.4. The van der Waals surface area contributed by atoms with E-state index in [1.54, 1.807) is 31.5 Å². The molecule has 3 aromatic rings. The van der Waals surface area contributed by atoms with Crippen molar-refractivity contribution in [2.24, 2.45) is 0 Å². The molecule has 142 valence electrons. The van der Waals surface area contributed by atoms with Crippen LogP contribution in [0.4, 0.5) is 0 Å². The van der Waals surface area contributed by atoms with E-state index in [0.29, 0.717) is 16.4 Å². The van der Waals surface area contributed by atoms with Gasteiger partial charge in [-0.1, -0.05) is 58.4 Å². The summed E-state index contributed by atoms with van der Waals surface area (Å²) in [7, 11) is -3.81. The number of fused-ring (bicyclic) bond motifs is 1. The maximum atomic E-state index is 13.6. The molecule has 5 nitrogen and oxygen atoms in total. The number of benzene rings is 1. The van der Waals surface area contributed by atoms with Gasteiger partial charge in [-0.05, 0) is 43.2 Å². The van der Waals surface area contributed by atoms with E-state index in [1.165, 1.54) is 0 Å². The molecule has 1 aromatic carbocycles. The fraction of sp³-hybridized carbons (Fsp3) is 0.143. The fourth-order valence-corrected chi connectivity index (χ4v) is 5.74. The van der Waals surface area contributed by atoms with Crippen LogP contribution in [0.3, 0.4) is 0 Å². The van der Waals surface area contributed by atoms with Crippen LogP contribution in [0.15, 0.2) is 83.1 Å². The number of aromatic nitrogens is 3. The molecule has 0 radical (unpaired) electrons. The fourth-order valence-electron chi connectivity index (χ4n) is 3.22. The topological polar surface area (TPSA) is 64.8 Å². The predicted octanol–water partition coefficient (Wildman–Crippen LogP) is 4.69. The van der Waals surface area contributed by atoms with Gasteiger partial charge in [-0.15, -0.1) is 0 Å². The van der Waals surface area contributed by atoms with Gasteiger partial charge in [0, 0.05) is 16.1 Å². The highest BCUT2D eigenvalue weighted by atomic mass is 79.9. The Kier molecular flexibility index (Phi) is 4.81. The lowest BCUT2D eigenvalue weighted by Gasteiger charge is -2.31. The van der Waals surface area contributed by atoms with Gasteiger partial charge in [-0.2, -0.15) is 9.19 Å². The number of rotatable bonds is 4. The lowest BCUT2D eigenvalue weighted by atomic mass is 9.94. The molecule has 0 bridgehead atoms. The first-order chi connectivity index (χ1) is 13.4. The van der Waals surface area contributed by atoms with Crippen molar-refractivity contribution in [1.82, 2.24) is 14.2 Å². The Bertz CT molecular complexity index is 1230. The van der Waals surface area contributed by atoms with E-state index in [4.69, 9.17) is 0 Å². The van der Waals surface area contributed by atoms with Gasteiger partial charge < -0.3 is 0 Å². The standard InChI is InChI=1S/C21H18BrN3O2S/c1-21(28(26,27)25-19-8-3-2-6-17(19)15-24-25)14-16(10-12-20(21)22)9-11-18-7-4-5-13-23-18/h2-13,15H,14H2,1H3/b11-9+. The summed E-state index contributed by atoms with van der Waals surface area (Å²) >= 11 is 3.48. The number of allylic oxidation sites excluding steroid dienone is 4. The average molecular weight is 456 g/mol. The number of para-hydroxylation sites is 1. The maximum absolute atomic E-state index is 13.6. The minimum atomic E-state index is -3.81. The van der Waals surface area contributed by atoms with Crippen molar-refractivity contribution in [3.05, 3.63) is 88.8 Å². The molecule has 1 unspecified atom stereocenters. The highest BCUT2D eigenvalue weighted by Gasteiger charge is 2.45. The van der Waals surface area contributed by atoms with Crippen LogP contribution in [0, 0.1) is 0 Å². The summed E-state index contributed by atoms with van der Waals surface area (Å²) < 4.78 is 27.7. The van der Waals surface area contributed by atoms with Crippen molar-refractivity contribution in [2.45, 2.75) is 18.1 Å². The van der Waals surface area contributed by atoms with Gasteiger partial charge in [0.05, 0.1) is 17.4 Å². The van der Waals surface area contributed by atoms with E-state index in [2.05, 4.69) is 26.0 Å². The zero-order valence-electron chi connectivity index (χ0n) is 15.2. The van der Waals surface area contributed by atoms with Gasteiger partial charge in [0.25, 0.3) is 10.0 Å². The van der Waals surface area contributed by atoms with Crippen LogP contribution in [-0.4, -0.2) is 27.3 Å². The number of halogens is 1. The average Bonchev–Trinajstić information content (AvgIpc) is 3.14. The van der Waals surface area contributed by atoms with Crippen LogP contribution in [0.5, 0.6) is 0 Å². The Morgan fingerprint density at radius 3 is 2.68 bits per heavy atom. The van der Waals surface area contributed by atoms with Crippen molar-refractivity contribution in [2.75, 3.05) is 0 Å². The Labute approximate surface area is 172 Å². The van der Waals surface area contributed by atoms with Crippen molar-refractivity contribution < 1.29 is 8.42 Å². The van der Waals surface area contributed by atoms with Gasteiger partial charge in [0.1, 0.15) is 4.75 Å². The van der Waals surface area contributed by atoms with Gasteiger partial charge in [0.2, 0.25) is 0 Å². The van der Waals surface area contributed by atoms with Crippen molar-refractivity contribution in [3.63, 3.8) is 0 Å². The number of hydrogen-bond donors (Lipinski definition) is 0. The molecule has 2 heterocycles. The third-order valence-corrected chi connectivity index (χ3v) is 8.54. The third-order valence-electron chi connectivity index (χ3n) is 4.89. The van der Waals surface area contributed by atoms with Crippen LogP contribution >= 0.6 is 15.9 Å². The van der Waals surface area contributed by atoms with E-state index >= 15 is 0 Å². The quantitative estimate of drug-likeness (QED) is 0.572. The molecule has 0 saturated heterocycles. The molecule has 4 rings (SSSR count). The minimum Gasteiger partial charge on any atom is -0.257 e. The Balaban J connectivity index is 1.71. The Hall–Kier alpha value is -2.51. The predicted molar refractivity (Wildman–Crippen MR) is 115 cm³/mol. The zero-order chi connectivity index (χ0) is 19.8. The van der Waals surface area contributed by atoms with Crippen LogP contribution in [-0.2, 0) is 10.0 Å². The molecular formula is C21H18BrN3O2S. The zero-order valence-corrected chi connectivity index (χ0v) is 17.6. The Morgan fingerprint density at radius 2 is 1.89 bits per heavy atom. The van der Waals surface area contributed by atoms with Gasteiger partial charge in [-0.3, -0.25) is 4.98 Å². The summed E-state index contributed by atoms with van der Waals surface area (Å²) in [4.78, 5) is 4.27. The van der Waals surface area contributed by atoms with Crippen molar-refractivity contribution in [3.8, 4) is 0 Å². The van der Waals surface area contributed by atoms with Gasteiger partial charge in [0.15, 0.2) is 0 Å². The molecule has 0 N–H and O–H groups in total. The molecule has 1 aliphatic rings. The summed E-state index contributed by atoms with van der Waals surface area (Å²) in [6, 6.07) is 13.0. The van der Waals surface area contributed by atoms with Crippen LogP contribution in [0.1, 0.15) is 19.0 Å². The third kappa shape index (κ3) is 3.14. The van der Waals surface area contributed by atoms with Crippen LogP contribution in [0.2, 0.25) is 0 Å².